The van der Waals surface area contributed by atoms with Gasteiger partial charge in [-0.05, 0) is 33.8 Å². The molecule has 1 aromatic rings. The number of nitrogens with zero attached hydrogens (tertiary/aromatic N) is 1. The number of hydrogen-bond acceptors (Lipinski definition) is 3. The van der Waals surface area contributed by atoms with E-state index in [0.29, 0.717) is 5.57 Å². The fraction of sp³-hybridized carbons (Fsp3) is 0.471. The molecule has 0 saturated carbocycles. The maximum atomic E-state index is 15.1. The largest absolute Gasteiger partial charge is 0.525 e. The van der Waals surface area contributed by atoms with Gasteiger partial charge in [-0.1, -0.05) is 18.2 Å². The number of carbonyl (C=O) groups excluding carboxylic acids is 1. The van der Waals surface area contributed by atoms with E-state index in [2.05, 4.69) is 0 Å². The number of anilines is 1. The number of carbonyl (C=O) groups is 1. The number of benzene rings is 1. The molecular formula is C17H21BFNO3. The van der Waals surface area contributed by atoms with E-state index in [1.54, 1.807) is 4.90 Å². The van der Waals surface area contributed by atoms with Crippen molar-refractivity contribution >= 4 is 24.3 Å². The summed E-state index contributed by atoms with van der Waals surface area (Å²) in [7, 11) is -1.05. The molecule has 1 aromatic carbocycles. The topological polar surface area (TPSA) is 38.8 Å². The van der Waals surface area contributed by atoms with Crippen molar-refractivity contribution < 1.29 is 18.5 Å². The first-order valence-electron chi connectivity index (χ1n) is 7.76. The second-order valence-corrected chi connectivity index (χ2v) is 7.04. The third kappa shape index (κ3) is 2.50. The van der Waals surface area contributed by atoms with Gasteiger partial charge in [0.25, 0.3) is 0 Å². The Morgan fingerprint density at radius 3 is 2.30 bits per heavy atom. The van der Waals surface area contributed by atoms with Crippen LogP contribution in [0.25, 0.3) is 5.57 Å². The van der Waals surface area contributed by atoms with E-state index < -0.39 is 24.0 Å². The van der Waals surface area contributed by atoms with Crippen molar-refractivity contribution in [1.29, 1.82) is 0 Å². The fourth-order valence-corrected chi connectivity index (χ4v) is 2.87. The summed E-state index contributed by atoms with van der Waals surface area (Å²) in [5.74, 6) is -0.117. The van der Waals surface area contributed by atoms with Gasteiger partial charge in [-0.15, -0.1) is 0 Å². The first kappa shape index (κ1) is 16.2. The van der Waals surface area contributed by atoms with E-state index in [9.17, 15) is 4.79 Å². The Bertz CT molecular complexity index is 683. The molecule has 0 aromatic heterocycles. The normalized spacial score (nSPS) is 23.9. The van der Waals surface area contributed by atoms with Crippen LogP contribution in [0.3, 0.4) is 0 Å². The Balaban J connectivity index is 2.01. The highest BCUT2D eigenvalue weighted by atomic mass is 19.1. The Hall–Kier alpha value is -1.66. The SMILES string of the molecule is CC(=O)N1CC(=C(F)B2OC(C)(C)C(C)(C)O2)c2ccccc21. The van der Waals surface area contributed by atoms with Crippen LogP contribution in [-0.2, 0) is 14.1 Å². The number of rotatable bonds is 1. The lowest BCUT2D eigenvalue weighted by Crippen LogP contribution is -2.41. The highest BCUT2D eigenvalue weighted by molar-refractivity contribution is 6.55. The lowest BCUT2D eigenvalue weighted by molar-refractivity contribution is -0.116. The van der Waals surface area contributed by atoms with Crippen LogP contribution in [0, 0.1) is 0 Å². The molecule has 2 heterocycles. The summed E-state index contributed by atoms with van der Waals surface area (Å²) in [4.78, 5) is 13.4. The predicted molar refractivity (Wildman–Crippen MR) is 88.6 cm³/mol. The molecule has 0 N–H and O–H groups in total. The van der Waals surface area contributed by atoms with Gasteiger partial charge in [-0.3, -0.25) is 4.79 Å². The molecule has 6 heteroatoms. The summed E-state index contributed by atoms with van der Waals surface area (Å²) in [6.07, 6.45) is 0. The summed E-state index contributed by atoms with van der Waals surface area (Å²) in [6, 6.07) is 7.31. The highest BCUT2D eigenvalue weighted by Gasteiger charge is 2.54. The Morgan fingerprint density at radius 2 is 1.74 bits per heavy atom. The Labute approximate surface area is 136 Å². The summed E-state index contributed by atoms with van der Waals surface area (Å²) >= 11 is 0. The van der Waals surface area contributed by atoms with Gasteiger partial charge in [0.2, 0.25) is 5.91 Å². The summed E-state index contributed by atoms with van der Waals surface area (Å²) in [5.41, 5.74) is 0.229. The number of halogens is 1. The van der Waals surface area contributed by atoms with Crippen molar-refractivity contribution in [2.75, 3.05) is 11.4 Å². The molecule has 0 atom stereocenters. The molecule has 2 aliphatic rings. The zero-order valence-electron chi connectivity index (χ0n) is 14.1. The van der Waals surface area contributed by atoms with Gasteiger partial charge in [0.15, 0.2) is 0 Å². The van der Waals surface area contributed by atoms with Crippen LogP contribution < -0.4 is 4.90 Å². The van der Waals surface area contributed by atoms with Crippen molar-refractivity contribution in [1.82, 2.24) is 0 Å². The molecule has 0 bridgehead atoms. The average Bonchev–Trinajstić information content (AvgIpc) is 2.94. The molecule has 0 aliphatic carbocycles. The van der Waals surface area contributed by atoms with Gasteiger partial charge in [-0.2, -0.15) is 0 Å². The molecule has 4 nitrogen and oxygen atoms in total. The van der Waals surface area contributed by atoms with Crippen molar-refractivity contribution in [3.63, 3.8) is 0 Å². The lowest BCUT2D eigenvalue weighted by atomic mass is 9.83. The lowest BCUT2D eigenvalue weighted by Gasteiger charge is -2.32. The van der Waals surface area contributed by atoms with Crippen molar-refractivity contribution in [3.05, 3.63) is 35.6 Å². The number of amides is 1. The van der Waals surface area contributed by atoms with Crippen molar-refractivity contribution in [3.8, 4) is 0 Å². The molecule has 0 radical (unpaired) electrons. The minimum absolute atomic E-state index is 0.117. The van der Waals surface area contributed by atoms with Crippen molar-refractivity contribution in [2.24, 2.45) is 0 Å². The molecule has 1 saturated heterocycles. The molecule has 0 unspecified atom stereocenters. The first-order chi connectivity index (χ1) is 10.6. The van der Waals surface area contributed by atoms with Crippen LogP contribution >= 0.6 is 0 Å². The zero-order chi connectivity index (χ0) is 17.0. The van der Waals surface area contributed by atoms with Gasteiger partial charge < -0.3 is 14.2 Å². The molecule has 2 aliphatic heterocycles. The maximum absolute atomic E-state index is 15.1. The van der Waals surface area contributed by atoms with Crippen LogP contribution in [0.1, 0.15) is 40.2 Å². The van der Waals surface area contributed by atoms with Crippen LogP contribution in [0.5, 0.6) is 0 Å². The molecule has 0 spiro atoms. The standard InChI is InChI=1S/C17H21BFNO3/c1-11(21)20-10-13(12-8-6-7-9-14(12)20)15(19)18-22-16(2,3)17(4,5)23-18/h6-9H,10H2,1-5H3. The predicted octanol–water partition coefficient (Wildman–Crippen LogP) is 3.37. The molecule has 3 rings (SSSR count). The minimum atomic E-state index is -1.05. The summed E-state index contributed by atoms with van der Waals surface area (Å²) in [5, 5.41) is 0. The van der Waals surface area contributed by atoms with E-state index in [4.69, 9.17) is 9.31 Å². The molecule has 1 fully saturated rings. The Morgan fingerprint density at radius 1 is 1.17 bits per heavy atom. The fourth-order valence-electron chi connectivity index (χ4n) is 2.87. The van der Waals surface area contributed by atoms with Crippen LogP contribution in [0.4, 0.5) is 10.1 Å². The van der Waals surface area contributed by atoms with Crippen LogP contribution in [-0.4, -0.2) is 30.8 Å². The monoisotopic (exact) mass is 317 g/mol. The van der Waals surface area contributed by atoms with Crippen molar-refractivity contribution in [2.45, 2.75) is 45.8 Å². The van der Waals surface area contributed by atoms with E-state index >= 15 is 4.39 Å². The van der Waals surface area contributed by atoms with E-state index in [1.807, 2.05) is 52.0 Å². The first-order valence-corrected chi connectivity index (χ1v) is 7.76. The molecule has 122 valence electrons. The Kier molecular flexibility index (Phi) is 3.65. The summed E-state index contributed by atoms with van der Waals surface area (Å²) < 4.78 is 26.7. The van der Waals surface area contributed by atoms with E-state index in [1.165, 1.54) is 6.92 Å². The second kappa shape index (κ2) is 5.18. The quantitative estimate of drug-likeness (QED) is 0.746. The van der Waals surface area contributed by atoms with Gasteiger partial charge in [0, 0.05) is 18.1 Å². The second-order valence-electron chi connectivity index (χ2n) is 7.04. The number of fused-ring (bicyclic) bond motifs is 1. The smallest absolute Gasteiger partial charge is 0.398 e. The highest BCUT2D eigenvalue weighted by Crippen LogP contribution is 2.43. The van der Waals surface area contributed by atoms with Gasteiger partial charge in [0.05, 0.1) is 23.4 Å². The molecule has 1 amide bonds. The van der Waals surface area contributed by atoms with Gasteiger partial charge >= 0.3 is 7.12 Å². The van der Waals surface area contributed by atoms with Crippen LogP contribution in [0.15, 0.2) is 30.0 Å². The number of para-hydroxylation sites is 1. The van der Waals surface area contributed by atoms with Gasteiger partial charge in [-0.25, -0.2) is 4.39 Å². The minimum Gasteiger partial charge on any atom is -0.398 e. The van der Waals surface area contributed by atoms with E-state index in [-0.39, 0.29) is 12.5 Å². The third-order valence-corrected chi connectivity index (χ3v) is 4.96. The van der Waals surface area contributed by atoms with Crippen LogP contribution in [0.2, 0.25) is 0 Å². The third-order valence-electron chi connectivity index (χ3n) is 4.96. The number of hydrogen-bond donors (Lipinski definition) is 0. The maximum Gasteiger partial charge on any atom is 0.525 e. The van der Waals surface area contributed by atoms with Gasteiger partial charge in [0.1, 0.15) is 5.73 Å². The molecular weight excluding hydrogens is 296 g/mol. The molecule has 23 heavy (non-hydrogen) atoms. The van der Waals surface area contributed by atoms with E-state index in [0.717, 1.165) is 11.3 Å². The average molecular weight is 317 g/mol. The zero-order valence-corrected chi connectivity index (χ0v) is 14.1. The summed E-state index contributed by atoms with van der Waals surface area (Å²) in [6.45, 7) is 9.21.